The van der Waals surface area contributed by atoms with E-state index in [1.165, 1.54) is 14.6 Å². The van der Waals surface area contributed by atoms with Crippen molar-refractivity contribution in [3.05, 3.63) is 8.93 Å². The molecule has 0 unspecified atom stereocenters. The van der Waals surface area contributed by atoms with Crippen LogP contribution in [0.4, 0.5) is 5.69 Å². The van der Waals surface area contributed by atoms with Crippen LogP contribution in [0.5, 0.6) is 0 Å². The summed E-state index contributed by atoms with van der Waals surface area (Å²) >= 11 is 2.50. The van der Waals surface area contributed by atoms with Crippen molar-refractivity contribution in [2.24, 2.45) is 0 Å². The fourth-order valence-corrected chi connectivity index (χ4v) is 3.78. The Hall–Kier alpha value is -0.0600. The molecule has 0 aliphatic rings. The van der Waals surface area contributed by atoms with Crippen LogP contribution in [-0.2, 0) is 0 Å². The normalized spacial score (nSPS) is 12.5. The minimum Gasteiger partial charge on any atom is -0.360 e. The van der Waals surface area contributed by atoms with Crippen molar-refractivity contribution in [1.82, 2.24) is 4.58 Å². The molecule has 3 heteroatoms. The third-order valence-electron chi connectivity index (χ3n) is 3.32. The third kappa shape index (κ3) is 3.09. The summed E-state index contributed by atoms with van der Waals surface area (Å²) in [5, 5.41) is 1.48. The number of nitrogens with zero attached hydrogens (tertiary/aromatic N) is 2. The fourth-order valence-electron chi connectivity index (χ4n) is 2.84. The van der Waals surface area contributed by atoms with Gasteiger partial charge in [-0.2, -0.15) is 0 Å². The Morgan fingerprint density at radius 2 is 1.22 bits per heavy atom. The molecule has 0 saturated heterocycles. The summed E-state index contributed by atoms with van der Waals surface area (Å²) in [5.41, 5.74) is 1.48. The van der Waals surface area contributed by atoms with Crippen LogP contribution >= 0.6 is 22.6 Å². The van der Waals surface area contributed by atoms with Crippen molar-refractivity contribution in [2.75, 3.05) is 4.90 Å². The number of rotatable bonds is 5. The van der Waals surface area contributed by atoms with Gasteiger partial charge in [0.1, 0.15) is 21.3 Å². The predicted octanol–water partition coefficient (Wildman–Crippen LogP) is 3.38. The molecular formula is C15H28IN2+. The lowest BCUT2D eigenvalue weighted by Crippen LogP contribution is -2.41. The molecule has 0 spiro atoms. The molecule has 0 aliphatic heterocycles. The molecule has 0 N–H and O–H groups in total. The van der Waals surface area contributed by atoms with E-state index in [1.807, 2.05) is 0 Å². The summed E-state index contributed by atoms with van der Waals surface area (Å²) in [6, 6.07) is 2.23. The maximum absolute atomic E-state index is 2.54. The monoisotopic (exact) mass is 363 g/mol. The Morgan fingerprint density at radius 1 is 0.833 bits per heavy atom. The van der Waals surface area contributed by atoms with Gasteiger partial charge in [0, 0.05) is 12.1 Å². The van der Waals surface area contributed by atoms with Crippen molar-refractivity contribution in [2.45, 2.75) is 79.6 Å². The molecule has 0 aromatic heterocycles. The van der Waals surface area contributed by atoms with E-state index in [4.69, 9.17) is 0 Å². The Bertz CT molecular complexity index is 403. The van der Waals surface area contributed by atoms with Gasteiger partial charge in [-0.3, -0.25) is 0 Å². The van der Waals surface area contributed by atoms with E-state index in [1.54, 1.807) is 0 Å². The summed E-state index contributed by atoms with van der Waals surface area (Å²) in [5.74, 6) is 0. The second kappa shape index (κ2) is 5.93. The van der Waals surface area contributed by atoms with Gasteiger partial charge in [-0.25, -0.2) is 4.58 Å². The molecule has 0 fully saturated rings. The average molecular weight is 363 g/mol. The van der Waals surface area contributed by atoms with Crippen LogP contribution in [0.2, 0.25) is 0 Å². The van der Waals surface area contributed by atoms with Gasteiger partial charge >= 0.3 is 0 Å². The van der Waals surface area contributed by atoms with E-state index < -0.39 is 0 Å². The first-order valence-electron chi connectivity index (χ1n) is 7.04. The molecule has 0 amide bonds. The highest BCUT2D eigenvalue weighted by atomic mass is 127. The van der Waals surface area contributed by atoms with Gasteiger partial charge in [-0.05, 0) is 78.0 Å². The summed E-state index contributed by atoms with van der Waals surface area (Å²) in [4.78, 5) is 2.54. The lowest BCUT2D eigenvalue weighted by molar-refractivity contribution is 0.428. The SMILES string of the molecule is CC(C)N(c1c(I)c1=[N+](C(C)C)C(C)C)C(C)C. The first-order chi connectivity index (χ1) is 8.20. The maximum Gasteiger partial charge on any atom is 0.241 e. The lowest BCUT2D eigenvalue weighted by Gasteiger charge is -2.29. The smallest absolute Gasteiger partial charge is 0.241 e. The number of halogens is 1. The highest BCUT2D eigenvalue weighted by Gasteiger charge is 2.35. The minimum absolute atomic E-state index is 0.559. The Labute approximate surface area is 126 Å². The van der Waals surface area contributed by atoms with Gasteiger partial charge in [-0.1, -0.05) is 0 Å². The fraction of sp³-hybridized carbons (Fsp3) is 0.800. The van der Waals surface area contributed by atoms with Crippen molar-refractivity contribution in [3.8, 4) is 0 Å². The van der Waals surface area contributed by atoms with Crippen LogP contribution in [-0.4, -0.2) is 24.2 Å². The van der Waals surface area contributed by atoms with Gasteiger partial charge in [0.15, 0.2) is 0 Å². The van der Waals surface area contributed by atoms with E-state index in [9.17, 15) is 0 Å². The maximum atomic E-state index is 2.54. The van der Waals surface area contributed by atoms with Crippen molar-refractivity contribution >= 4 is 28.3 Å². The van der Waals surface area contributed by atoms with Crippen LogP contribution < -0.4 is 14.8 Å². The standard InChI is InChI=1S/C15H28IN2/c1-9(2)17(10(3)4)14-13(16)15(14)18(11(5)6)12(7)8/h9-12H,1-8H3/q+1. The Morgan fingerprint density at radius 3 is 1.50 bits per heavy atom. The number of hydrogen-bond acceptors (Lipinski definition) is 1. The summed E-state index contributed by atoms with van der Waals surface area (Å²) < 4.78 is 3.99. The van der Waals surface area contributed by atoms with Crippen LogP contribution in [0.15, 0.2) is 0 Å². The van der Waals surface area contributed by atoms with Crippen LogP contribution in [0, 0.1) is 3.57 Å². The average Bonchev–Trinajstić information content (AvgIpc) is 2.76. The molecule has 0 heterocycles. The van der Waals surface area contributed by atoms with E-state index in [0.29, 0.717) is 24.2 Å². The number of anilines is 1. The highest BCUT2D eigenvalue weighted by molar-refractivity contribution is 14.1. The first kappa shape index (κ1) is 16.0. The zero-order valence-electron chi connectivity index (χ0n) is 13.1. The zero-order valence-corrected chi connectivity index (χ0v) is 15.2. The lowest BCUT2D eigenvalue weighted by atomic mass is 10.2. The molecule has 18 heavy (non-hydrogen) atoms. The number of hydrogen-bond donors (Lipinski definition) is 0. The first-order valence-corrected chi connectivity index (χ1v) is 8.12. The zero-order chi connectivity index (χ0) is 14.2. The van der Waals surface area contributed by atoms with E-state index >= 15 is 0 Å². The van der Waals surface area contributed by atoms with Gasteiger partial charge in [0.25, 0.3) is 0 Å². The van der Waals surface area contributed by atoms with Crippen molar-refractivity contribution < 1.29 is 0 Å². The van der Waals surface area contributed by atoms with Crippen LogP contribution in [0.3, 0.4) is 0 Å². The van der Waals surface area contributed by atoms with Crippen molar-refractivity contribution in [3.63, 3.8) is 0 Å². The van der Waals surface area contributed by atoms with E-state index in [-0.39, 0.29) is 0 Å². The quantitative estimate of drug-likeness (QED) is 0.574. The summed E-state index contributed by atoms with van der Waals surface area (Å²) in [6.07, 6.45) is 0. The minimum atomic E-state index is 0.559. The molecule has 0 aliphatic carbocycles. The summed E-state index contributed by atoms with van der Waals surface area (Å²) in [6.45, 7) is 18.2. The summed E-state index contributed by atoms with van der Waals surface area (Å²) in [7, 11) is 0. The molecule has 0 atom stereocenters. The third-order valence-corrected chi connectivity index (χ3v) is 4.34. The van der Waals surface area contributed by atoms with Crippen LogP contribution in [0.1, 0.15) is 55.4 Å². The molecular weight excluding hydrogens is 335 g/mol. The second-order valence-electron chi connectivity index (χ2n) is 6.20. The molecule has 1 aromatic rings. The van der Waals surface area contributed by atoms with Crippen molar-refractivity contribution in [1.29, 1.82) is 0 Å². The predicted molar refractivity (Wildman–Crippen MR) is 89.8 cm³/mol. The topological polar surface area (TPSA) is 6.25 Å². The van der Waals surface area contributed by atoms with Gasteiger partial charge in [-0.15, -0.1) is 0 Å². The van der Waals surface area contributed by atoms with E-state index in [0.717, 1.165) is 0 Å². The molecule has 104 valence electrons. The van der Waals surface area contributed by atoms with Gasteiger partial charge in [0.2, 0.25) is 5.36 Å². The Balaban J connectivity index is 3.28. The molecule has 2 nitrogen and oxygen atoms in total. The molecule has 0 radical (unpaired) electrons. The van der Waals surface area contributed by atoms with Gasteiger partial charge in [0.05, 0.1) is 0 Å². The Kier molecular flexibility index (Phi) is 5.27. The van der Waals surface area contributed by atoms with Crippen LogP contribution in [0.25, 0.3) is 0 Å². The van der Waals surface area contributed by atoms with E-state index in [2.05, 4.69) is 87.5 Å². The molecule has 0 bridgehead atoms. The molecule has 0 saturated carbocycles. The largest absolute Gasteiger partial charge is 0.360 e. The second-order valence-corrected chi connectivity index (χ2v) is 7.28. The highest BCUT2D eigenvalue weighted by Crippen LogP contribution is 2.28. The molecule has 1 aromatic carbocycles. The van der Waals surface area contributed by atoms with Gasteiger partial charge < -0.3 is 4.90 Å². The molecule has 1 rings (SSSR count).